The van der Waals surface area contributed by atoms with E-state index in [-0.39, 0.29) is 5.56 Å². The van der Waals surface area contributed by atoms with Crippen LogP contribution in [0.2, 0.25) is 10.0 Å². The summed E-state index contributed by atoms with van der Waals surface area (Å²) < 4.78 is 1.26. The highest BCUT2D eigenvalue weighted by Crippen LogP contribution is 2.22. The van der Waals surface area contributed by atoms with E-state index in [2.05, 4.69) is 10.1 Å². The molecular weight excluding hydrogens is 317 g/mol. The Hall–Kier alpha value is -1.69. The first kappa shape index (κ1) is 13.3. The van der Waals surface area contributed by atoms with Crippen LogP contribution in [0, 0.1) is 0 Å². The van der Waals surface area contributed by atoms with E-state index in [0.29, 0.717) is 20.7 Å². The third-order valence-corrected chi connectivity index (χ3v) is 3.84. The van der Waals surface area contributed by atoms with Crippen LogP contribution in [0.3, 0.4) is 0 Å². The lowest BCUT2D eigenvalue weighted by atomic mass is 10.2. The molecule has 100 valence electrons. The fraction of sp³-hybridized carbons (Fsp3) is 0. The van der Waals surface area contributed by atoms with Crippen LogP contribution in [0.15, 0.2) is 34.6 Å². The molecule has 0 saturated carbocycles. The topological polar surface area (TPSA) is 47.3 Å². The molecule has 3 rings (SSSR count). The van der Waals surface area contributed by atoms with Crippen LogP contribution in [0.1, 0.15) is 11.3 Å². The largest absolute Gasteiger partial charge is 0.275 e. The highest BCUT2D eigenvalue weighted by atomic mass is 35.5. The number of hydrogen-bond donors (Lipinski definition) is 0. The van der Waals surface area contributed by atoms with Crippen LogP contribution in [-0.4, -0.2) is 14.6 Å². The number of hydrogen-bond acceptors (Lipinski definition) is 4. The molecule has 0 amide bonds. The maximum atomic E-state index is 11.8. The van der Waals surface area contributed by atoms with E-state index >= 15 is 0 Å². The minimum atomic E-state index is -0.210. The van der Waals surface area contributed by atoms with Crippen molar-refractivity contribution in [2.75, 3.05) is 0 Å². The van der Waals surface area contributed by atoms with Gasteiger partial charge in [-0.2, -0.15) is 9.61 Å². The van der Waals surface area contributed by atoms with Crippen molar-refractivity contribution >= 4 is 51.7 Å². The van der Waals surface area contributed by atoms with Crippen LogP contribution in [0.25, 0.3) is 17.1 Å². The van der Waals surface area contributed by atoms with Crippen LogP contribution < -0.4 is 5.56 Å². The number of benzene rings is 1. The third-order valence-electron chi connectivity index (χ3n) is 2.60. The normalized spacial score (nSPS) is 11.5. The zero-order chi connectivity index (χ0) is 14.1. The van der Waals surface area contributed by atoms with Crippen molar-refractivity contribution in [1.82, 2.24) is 14.6 Å². The lowest BCUT2D eigenvalue weighted by molar-refractivity contribution is 0.897. The Bertz CT molecular complexity index is 869. The number of halogens is 2. The molecule has 0 saturated heterocycles. The van der Waals surface area contributed by atoms with Gasteiger partial charge in [0.05, 0.1) is 5.69 Å². The summed E-state index contributed by atoms with van der Waals surface area (Å²) >= 11 is 13.2. The van der Waals surface area contributed by atoms with E-state index in [9.17, 15) is 4.79 Å². The molecule has 0 aliphatic rings. The van der Waals surface area contributed by atoms with Gasteiger partial charge < -0.3 is 0 Å². The summed E-state index contributed by atoms with van der Waals surface area (Å²) in [6.07, 6.45) is 3.52. The first-order chi connectivity index (χ1) is 9.63. The molecule has 0 bridgehead atoms. The van der Waals surface area contributed by atoms with Gasteiger partial charge in [0.1, 0.15) is 5.51 Å². The van der Waals surface area contributed by atoms with Crippen LogP contribution in [-0.2, 0) is 0 Å². The summed E-state index contributed by atoms with van der Waals surface area (Å²) in [4.78, 5) is 16.6. The molecule has 0 radical (unpaired) electrons. The maximum Gasteiger partial charge on any atom is 0.275 e. The monoisotopic (exact) mass is 323 g/mol. The SMILES string of the molecule is O=c1cc(C=Cc2ccc(Cl)cc2Cl)nc2scnn12. The third kappa shape index (κ3) is 2.60. The summed E-state index contributed by atoms with van der Waals surface area (Å²) in [6, 6.07) is 6.64. The number of rotatable bonds is 2. The maximum absolute atomic E-state index is 11.8. The van der Waals surface area contributed by atoms with E-state index in [1.165, 1.54) is 21.9 Å². The molecule has 0 unspecified atom stereocenters. The molecule has 0 aliphatic heterocycles. The molecular formula is C13H7Cl2N3OS. The van der Waals surface area contributed by atoms with Gasteiger partial charge in [0.25, 0.3) is 5.56 Å². The molecule has 2 heterocycles. The summed E-state index contributed by atoms with van der Waals surface area (Å²) in [5.41, 5.74) is 2.73. The molecule has 2 aromatic heterocycles. The first-order valence-corrected chi connectivity index (χ1v) is 7.24. The van der Waals surface area contributed by atoms with E-state index in [1.807, 2.05) is 0 Å². The highest BCUT2D eigenvalue weighted by Gasteiger charge is 2.02. The zero-order valence-electron chi connectivity index (χ0n) is 9.96. The van der Waals surface area contributed by atoms with Gasteiger partial charge in [0.15, 0.2) is 0 Å². The lowest BCUT2D eigenvalue weighted by Gasteiger charge is -1.98. The molecule has 0 N–H and O–H groups in total. The van der Waals surface area contributed by atoms with E-state index < -0.39 is 0 Å². The predicted octanol–water partition coefficient (Wildman–Crippen LogP) is 3.63. The van der Waals surface area contributed by atoms with Crippen molar-refractivity contribution in [1.29, 1.82) is 0 Å². The van der Waals surface area contributed by atoms with E-state index in [4.69, 9.17) is 23.2 Å². The Morgan fingerprint density at radius 3 is 2.85 bits per heavy atom. The Morgan fingerprint density at radius 2 is 2.05 bits per heavy atom. The Balaban J connectivity index is 1.99. The summed E-state index contributed by atoms with van der Waals surface area (Å²) in [5, 5.41) is 5.03. The highest BCUT2D eigenvalue weighted by molar-refractivity contribution is 7.14. The minimum Gasteiger partial charge on any atom is -0.267 e. The molecule has 4 nitrogen and oxygen atoms in total. The molecule has 0 spiro atoms. The number of nitrogens with zero attached hydrogens (tertiary/aromatic N) is 3. The average Bonchev–Trinajstić information content (AvgIpc) is 2.86. The summed E-state index contributed by atoms with van der Waals surface area (Å²) in [7, 11) is 0. The van der Waals surface area contributed by atoms with Gasteiger partial charge in [-0.3, -0.25) is 4.79 Å². The Kier molecular flexibility index (Phi) is 3.56. The second-order valence-corrected chi connectivity index (χ2v) is 5.61. The predicted molar refractivity (Wildman–Crippen MR) is 82.5 cm³/mol. The molecule has 1 aromatic carbocycles. The van der Waals surface area contributed by atoms with Crippen LogP contribution >= 0.6 is 34.5 Å². The van der Waals surface area contributed by atoms with Crippen molar-refractivity contribution in [3.8, 4) is 0 Å². The smallest absolute Gasteiger partial charge is 0.267 e. The first-order valence-electron chi connectivity index (χ1n) is 5.60. The van der Waals surface area contributed by atoms with Crippen LogP contribution in [0.4, 0.5) is 0 Å². The molecule has 0 atom stereocenters. The van der Waals surface area contributed by atoms with E-state index in [0.717, 1.165) is 5.56 Å². The number of fused-ring (bicyclic) bond motifs is 1. The van der Waals surface area contributed by atoms with E-state index in [1.54, 1.807) is 35.9 Å². The minimum absolute atomic E-state index is 0.210. The van der Waals surface area contributed by atoms with Gasteiger partial charge >= 0.3 is 0 Å². The van der Waals surface area contributed by atoms with Crippen molar-refractivity contribution < 1.29 is 0 Å². The van der Waals surface area contributed by atoms with Crippen molar-refractivity contribution in [3.63, 3.8) is 0 Å². The number of aromatic nitrogens is 3. The van der Waals surface area contributed by atoms with Crippen LogP contribution in [0.5, 0.6) is 0 Å². The summed E-state index contributed by atoms with van der Waals surface area (Å²) in [6.45, 7) is 0. The van der Waals surface area contributed by atoms with Gasteiger partial charge in [-0.15, -0.1) is 0 Å². The molecule has 0 fully saturated rings. The van der Waals surface area contributed by atoms with Crippen molar-refractivity contribution in [2.24, 2.45) is 0 Å². The van der Waals surface area contributed by atoms with Gasteiger partial charge in [0.2, 0.25) is 4.96 Å². The van der Waals surface area contributed by atoms with Gasteiger partial charge in [-0.05, 0) is 23.8 Å². The molecule has 7 heteroatoms. The molecule has 20 heavy (non-hydrogen) atoms. The second kappa shape index (κ2) is 5.36. The average molecular weight is 324 g/mol. The van der Waals surface area contributed by atoms with Gasteiger partial charge in [-0.1, -0.05) is 46.7 Å². The molecule has 3 aromatic rings. The fourth-order valence-corrected chi connectivity index (χ4v) is 2.77. The van der Waals surface area contributed by atoms with Crippen molar-refractivity contribution in [3.05, 3.63) is 61.4 Å². The second-order valence-electron chi connectivity index (χ2n) is 3.95. The summed E-state index contributed by atoms with van der Waals surface area (Å²) in [5.74, 6) is 0. The van der Waals surface area contributed by atoms with Gasteiger partial charge in [0, 0.05) is 16.1 Å². The Labute approximate surface area is 127 Å². The Morgan fingerprint density at radius 1 is 1.20 bits per heavy atom. The molecule has 0 aliphatic carbocycles. The lowest BCUT2D eigenvalue weighted by Crippen LogP contribution is -2.13. The van der Waals surface area contributed by atoms with Gasteiger partial charge in [-0.25, -0.2) is 4.98 Å². The fourth-order valence-electron chi connectivity index (χ4n) is 1.67. The quantitative estimate of drug-likeness (QED) is 0.723. The standard InChI is InChI=1S/C13H7Cl2N3OS/c14-9-3-1-8(11(15)5-9)2-4-10-6-12(19)18-13(17-10)20-7-16-18/h1-7H. The van der Waals surface area contributed by atoms with Crippen molar-refractivity contribution in [2.45, 2.75) is 0 Å². The zero-order valence-corrected chi connectivity index (χ0v) is 12.3.